The van der Waals surface area contributed by atoms with Crippen molar-refractivity contribution in [2.75, 3.05) is 13.1 Å². The molecule has 2 fully saturated rings. The zero-order valence-corrected chi connectivity index (χ0v) is 16.7. The summed E-state index contributed by atoms with van der Waals surface area (Å²) in [5.74, 6) is 0.563. The van der Waals surface area contributed by atoms with Crippen LogP contribution in [0.1, 0.15) is 50.6 Å². The van der Waals surface area contributed by atoms with E-state index in [4.69, 9.17) is 4.98 Å². The lowest BCUT2D eigenvalue weighted by atomic mass is 9.88. The van der Waals surface area contributed by atoms with Crippen LogP contribution < -0.4 is 5.32 Å². The maximum absolute atomic E-state index is 12.4. The molecule has 3 heterocycles. The van der Waals surface area contributed by atoms with Gasteiger partial charge in [-0.1, -0.05) is 19.3 Å². The third-order valence-corrected chi connectivity index (χ3v) is 6.23. The van der Waals surface area contributed by atoms with Gasteiger partial charge >= 0.3 is 0 Å². The first-order valence-corrected chi connectivity index (χ1v) is 10.6. The van der Waals surface area contributed by atoms with E-state index in [-0.39, 0.29) is 5.92 Å². The van der Waals surface area contributed by atoms with E-state index in [1.165, 1.54) is 19.3 Å². The van der Waals surface area contributed by atoms with Crippen molar-refractivity contribution in [3.05, 3.63) is 34.7 Å². The van der Waals surface area contributed by atoms with Crippen LogP contribution in [-0.2, 0) is 11.3 Å². The van der Waals surface area contributed by atoms with Crippen LogP contribution in [0.5, 0.6) is 0 Å². The summed E-state index contributed by atoms with van der Waals surface area (Å²) < 4.78 is 3.12. The number of carbonyl (C=O) groups is 1. The number of piperidine rings is 1. The molecule has 2 aliphatic rings. The Balaban J connectivity index is 1.27. The molecule has 0 radical (unpaired) electrons. The Bertz CT molecular complexity index is 760. The standard InChI is InChI=1S/C20H27BrN4O/c21-16-6-7-19-22-18(14-25(19)12-16)13-24-10-8-17(9-11-24)23-20(26)15-4-2-1-3-5-15/h6-7,12,14-15,17H,1-5,8-11,13H2,(H,23,26). The van der Waals surface area contributed by atoms with Gasteiger partial charge in [-0.3, -0.25) is 9.69 Å². The number of nitrogens with zero attached hydrogens (tertiary/aromatic N) is 3. The second-order valence-electron chi connectivity index (χ2n) is 7.74. The lowest BCUT2D eigenvalue weighted by Gasteiger charge is -2.33. The SMILES string of the molecule is O=C(NC1CCN(Cc2cn3cc(Br)ccc3n2)CC1)C1CCCCC1. The Morgan fingerprint density at radius 2 is 1.88 bits per heavy atom. The molecule has 1 saturated heterocycles. The number of amides is 1. The number of hydrogen-bond donors (Lipinski definition) is 1. The minimum atomic E-state index is 0.263. The zero-order valence-electron chi connectivity index (χ0n) is 15.2. The average Bonchev–Trinajstić information content (AvgIpc) is 3.05. The van der Waals surface area contributed by atoms with Crippen LogP contribution in [0.2, 0.25) is 0 Å². The summed E-state index contributed by atoms with van der Waals surface area (Å²) in [7, 11) is 0. The van der Waals surface area contributed by atoms with Crippen LogP contribution >= 0.6 is 15.9 Å². The topological polar surface area (TPSA) is 49.6 Å². The molecule has 1 amide bonds. The smallest absolute Gasteiger partial charge is 0.223 e. The molecule has 2 aromatic rings. The molecule has 1 saturated carbocycles. The first-order chi connectivity index (χ1) is 12.7. The molecule has 4 rings (SSSR count). The van der Waals surface area contributed by atoms with E-state index in [1.54, 1.807) is 0 Å². The van der Waals surface area contributed by atoms with Gasteiger partial charge in [-0.05, 0) is 53.7 Å². The van der Waals surface area contributed by atoms with Gasteiger partial charge in [-0.2, -0.15) is 0 Å². The zero-order chi connectivity index (χ0) is 17.9. The molecule has 1 aliphatic heterocycles. The fourth-order valence-corrected chi connectivity index (χ4v) is 4.59. The number of aromatic nitrogens is 2. The number of halogens is 1. The summed E-state index contributed by atoms with van der Waals surface area (Å²) in [6, 6.07) is 4.39. The highest BCUT2D eigenvalue weighted by Crippen LogP contribution is 2.24. The lowest BCUT2D eigenvalue weighted by molar-refractivity contribution is -0.127. The summed E-state index contributed by atoms with van der Waals surface area (Å²) in [6.45, 7) is 2.92. The molecule has 1 N–H and O–H groups in total. The number of pyridine rings is 1. The van der Waals surface area contributed by atoms with Gasteiger partial charge in [0.2, 0.25) is 5.91 Å². The van der Waals surface area contributed by atoms with Gasteiger partial charge in [-0.25, -0.2) is 4.98 Å². The Kier molecular flexibility index (Phi) is 5.60. The van der Waals surface area contributed by atoms with Crippen molar-refractivity contribution in [1.82, 2.24) is 19.6 Å². The van der Waals surface area contributed by atoms with Gasteiger partial charge in [0.1, 0.15) is 5.65 Å². The van der Waals surface area contributed by atoms with Crippen molar-refractivity contribution in [1.29, 1.82) is 0 Å². The monoisotopic (exact) mass is 418 g/mol. The highest BCUT2D eigenvalue weighted by atomic mass is 79.9. The molecule has 0 spiro atoms. The van der Waals surface area contributed by atoms with Crippen LogP contribution in [0, 0.1) is 5.92 Å². The summed E-state index contributed by atoms with van der Waals surface area (Å²) in [5.41, 5.74) is 2.09. The predicted octanol–water partition coefficient (Wildman–Crippen LogP) is 3.76. The molecule has 2 aromatic heterocycles. The number of rotatable bonds is 4. The van der Waals surface area contributed by atoms with E-state index in [2.05, 4.69) is 36.7 Å². The second kappa shape index (κ2) is 8.09. The number of imidazole rings is 1. The quantitative estimate of drug-likeness (QED) is 0.821. The van der Waals surface area contributed by atoms with Crippen molar-refractivity contribution >= 4 is 27.5 Å². The molecular weight excluding hydrogens is 392 g/mol. The van der Waals surface area contributed by atoms with Crippen molar-refractivity contribution in [3.8, 4) is 0 Å². The first kappa shape index (κ1) is 18.0. The summed E-state index contributed by atoms with van der Waals surface area (Å²) >= 11 is 3.50. The molecule has 6 heteroatoms. The van der Waals surface area contributed by atoms with Crippen molar-refractivity contribution < 1.29 is 4.79 Å². The predicted molar refractivity (Wildman–Crippen MR) is 106 cm³/mol. The Morgan fingerprint density at radius 3 is 2.65 bits per heavy atom. The molecule has 26 heavy (non-hydrogen) atoms. The normalized spacial score (nSPS) is 20.5. The maximum Gasteiger partial charge on any atom is 0.223 e. The number of nitrogens with one attached hydrogen (secondary N) is 1. The van der Waals surface area contributed by atoms with Crippen LogP contribution in [0.3, 0.4) is 0 Å². The van der Waals surface area contributed by atoms with Gasteiger partial charge in [0.25, 0.3) is 0 Å². The first-order valence-electron chi connectivity index (χ1n) is 9.83. The molecular formula is C20H27BrN4O. The lowest BCUT2D eigenvalue weighted by Crippen LogP contribution is -2.46. The Morgan fingerprint density at radius 1 is 1.12 bits per heavy atom. The molecule has 140 valence electrons. The van der Waals surface area contributed by atoms with Crippen LogP contribution in [-0.4, -0.2) is 39.3 Å². The highest BCUT2D eigenvalue weighted by Gasteiger charge is 2.26. The molecule has 0 bridgehead atoms. The maximum atomic E-state index is 12.4. The van der Waals surface area contributed by atoms with Crippen molar-refractivity contribution in [3.63, 3.8) is 0 Å². The van der Waals surface area contributed by atoms with E-state index in [0.29, 0.717) is 11.9 Å². The minimum Gasteiger partial charge on any atom is -0.353 e. The van der Waals surface area contributed by atoms with E-state index >= 15 is 0 Å². The largest absolute Gasteiger partial charge is 0.353 e. The van der Waals surface area contributed by atoms with E-state index < -0.39 is 0 Å². The number of fused-ring (bicyclic) bond motifs is 1. The number of carbonyl (C=O) groups excluding carboxylic acids is 1. The van der Waals surface area contributed by atoms with E-state index in [0.717, 1.165) is 61.1 Å². The highest BCUT2D eigenvalue weighted by molar-refractivity contribution is 9.10. The van der Waals surface area contributed by atoms with Crippen LogP contribution in [0.25, 0.3) is 5.65 Å². The van der Waals surface area contributed by atoms with Gasteiger partial charge in [0.05, 0.1) is 5.69 Å². The minimum absolute atomic E-state index is 0.263. The molecule has 5 nitrogen and oxygen atoms in total. The van der Waals surface area contributed by atoms with Crippen LogP contribution in [0.4, 0.5) is 0 Å². The van der Waals surface area contributed by atoms with Crippen molar-refractivity contribution in [2.24, 2.45) is 5.92 Å². The van der Waals surface area contributed by atoms with Gasteiger partial charge in [-0.15, -0.1) is 0 Å². The third-order valence-electron chi connectivity index (χ3n) is 5.76. The molecule has 1 aliphatic carbocycles. The fraction of sp³-hybridized carbons (Fsp3) is 0.600. The van der Waals surface area contributed by atoms with Gasteiger partial charge < -0.3 is 9.72 Å². The summed E-state index contributed by atoms with van der Waals surface area (Å²) in [4.78, 5) is 19.6. The average molecular weight is 419 g/mol. The molecule has 0 atom stereocenters. The van der Waals surface area contributed by atoms with Crippen molar-refractivity contribution in [2.45, 2.75) is 57.5 Å². The van der Waals surface area contributed by atoms with Gasteiger partial charge in [0.15, 0.2) is 0 Å². The second-order valence-corrected chi connectivity index (χ2v) is 8.65. The van der Waals surface area contributed by atoms with E-state index in [1.807, 2.05) is 18.3 Å². The number of hydrogen-bond acceptors (Lipinski definition) is 3. The van der Waals surface area contributed by atoms with Gasteiger partial charge in [0, 0.05) is 48.5 Å². The van der Waals surface area contributed by atoms with E-state index in [9.17, 15) is 4.79 Å². The Labute approximate surface area is 163 Å². The molecule has 0 aromatic carbocycles. The number of likely N-dealkylation sites (tertiary alicyclic amines) is 1. The van der Waals surface area contributed by atoms with Crippen LogP contribution in [0.15, 0.2) is 29.0 Å². The third kappa shape index (κ3) is 4.29. The Hall–Kier alpha value is -1.40. The summed E-state index contributed by atoms with van der Waals surface area (Å²) in [5, 5.41) is 3.31. The summed E-state index contributed by atoms with van der Waals surface area (Å²) in [6.07, 6.45) is 12.1. The molecule has 0 unspecified atom stereocenters. The fourth-order valence-electron chi connectivity index (χ4n) is 4.24.